The molecule has 0 amide bonds. The molecule has 168 valence electrons. The molecule has 0 spiro atoms. The maximum atomic E-state index is 6.52. The summed E-state index contributed by atoms with van der Waals surface area (Å²) in [6.45, 7) is 0.760. The molecule has 0 fully saturated rings. The van der Waals surface area contributed by atoms with Crippen molar-refractivity contribution < 1.29 is 9.47 Å². The van der Waals surface area contributed by atoms with E-state index in [-0.39, 0.29) is 6.10 Å². The average Bonchev–Trinajstić information content (AvgIpc) is 3.04. The Bertz CT molecular complexity index is 1460. The first-order chi connectivity index (χ1) is 16.8. The number of aromatic nitrogens is 1. The van der Waals surface area contributed by atoms with Gasteiger partial charge in [0, 0.05) is 28.6 Å². The van der Waals surface area contributed by atoms with Gasteiger partial charge in [0.05, 0.1) is 18.1 Å². The van der Waals surface area contributed by atoms with E-state index < -0.39 is 0 Å². The Balaban J connectivity index is 1.40. The fraction of sp³-hybridized carbons (Fsp3) is 0.167. The summed E-state index contributed by atoms with van der Waals surface area (Å²) in [7, 11) is 1.68. The van der Waals surface area contributed by atoms with Crippen LogP contribution in [0.3, 0.4) is 0 Å². The summed E-state index contributed by atoms with van der Waals surface area (Å²) in [6.07, 6.45) is 1.85. The maximum absolute atomic E-state index is 6.52. The number of hydrogen-bond donors (Lipinski definition) is 0. The Morgan fingerprint density at radius 3 is 2.32 bits per heavy atom. The van der Waals surface area contributed by atoms with Gasteiger partial charge in [-0.2, -0.15) is 0 Å². The topological polar surface area (TPSA) is 35.8 Å². The van der Waals surface area contributed by atoms with Gasteiger partial charge in [-0.1, -0.05) is 54.6 Å². The summed E-state index contributed by atoms with van der Waals surface area (Å²) in [4.78, 5) is 4.73. The van der Waals surface area contributed by atoms with Crippen molar-refractivity contribution in [2.24, 2.45) is 4.99 Å². The first-order valence-electron chi connectivity index (χ1n) is 11.8. The quantitative estimate of drug-likeness (QED) is 0.295. The lowest BCUT2D eigenvalue weighted by Gasteiger charge is -2.20. The predicted octanol–water partition coefficient (Wildman–Crippen LogP) is 7.09. The van der Waals surface area contributed by atoms with Crippen molar-refractivity contribution >= 4 is 27.7 Å². The summed E-state index contributed by atoms with van der Waals surface area (Å²) in [6, 6.07) is 33.9. The maximum Gasteiger partial charge on any atom is 0.216 e. The zero-order valence-corrected chi connectivity index (χ0v) is 19.1. The van der Waals surface area contributed by atoms with Crippen LogP contribution in [0.4, 0.5) is 0 Å². The fourth-order valence-corrected chi connectivity index (χ4v) is 4.90. The highest BCUT2D eigenvalue weighted by Crippen LogP contribution is 2.34. The predicted molar refractivity (Wildman–Crippen MR) is 138 cm³/mol. The molecule has 0 aliphatic carbocycles. The fourth-order valence-electron chi connectivity index (χ4n) is 4.90. The Hall–Kier alpha value is -4.05. The third kappa shape index (κ3) is 3.61. The highest BCUT2D eigenvalue weighted by molar-refractivity contribution is 6.09. The first-order valence-corrected chi connectivity index (χ1v) is 11.8. The number of ether oxygens (including phenoxy) is 2. The molecule has 34 heavy (non-hydrogen) atoms. The lowest BCUT2D eigenvalue weighted by atomic mass is 10.0. The molecule has 0 bridgehead atoms. The summed E-state index contributed by atoms with van der Waals surface area (Å²) in [5.74, 6) is 1.49. The summed E-state index contributed by atoms with van der Waals surface area (Å²) >= 11 is 0. The molecule has 5 aromatic rings. The van der Waals surface area contributed by atoms with Crippen molar-refractivity contribution in [1.29, 1.82) is 0 Å². The van der Waals surface area contributed by atoms with Crippen LogP contribution < -0.4 is 4.74 Å². The van der Waals surface area contributed by atoms with Crippen LogP contribution in [-0.4, -0.2) is 24.1 Å². The van der Waals surface area contributed by atoms with Crippen LogP contribution in [0.15, 0.2) is 102 Å². The van der Waals surface area contributed by atoms with Crippen molar-refractivity contribution in [1.82, 2.24) is 4.57 Å². The third-order valence-electron chi connectivity index (χ3n) is 6.53. The van der Waals surface area contributed by atoms with Crippen LogP contribution in [0.5, 0.6) is 5.75 Å². The van der Waals surface area contributed by atoms with Gasteiger partial charge >= 0.3 is 0 Å². The molecule has 0 N–H and O–H groups in total. The number of para-hydroxylation sites is 2. The Morgan fingerprint density at radius 2 is 1.56 bits per heavy atom. The second-order valence-electron chi connectivity index (χ2n) is 8.63. The molecule has 0 saturated carbocycles. The van der Waals surface area contributed by atoms with Crippen LogP contribution in [0, 0.1) is 0 Å². The normalized spacial score (nSPS) is 16.1. The molecule has 4 heteroatoms. The molecule has 1 aromatic heterocycles. The SMILES string of the molecule is COc1cccc(C2=NCCCC(c3cccc(-n4c5ccccc5c5ccccc54)c3)O2)c1. The van der Waals surface area contributed by atoms with E-state index in [0.29, 0.717) is 5.90 Å². The third-order valence-corrected chi connectivity index (χ3v) is 6.53. The van der Waals surface area contributed by atoms with E-state index in [1.165, 1.54) is 21.8 Å². The number of aliphatic imine (C=N–C) groups is 1. The standard InChI is InChI=1S/C30H26N2O2/c1-33-24-12-7-10-22(20-24)30-31-18-8-17-29(34-30)21-9-6-11-23(19-21)32-27-15-4-2-13-25(27)26-14-3-5-16-28(26)32/h2-7,9-16,19-20,29H,8,17-18H2,1H3. The van der Waals surface area contributed by atoms with Gasteiger partial charge in [-0.3, -0.25) is 4.99 Å². The molecule has 0 radical (unpaired) electrons. The van der Waals surface area contributed by atoms with E-state index in [4.69, 9.17) is 14.5 Å². The zero-order chi connectivity index (χ0) is 22.9. The van der Waals surface area contributed by atoms with E-state index in [1.807, 2.05) is 24.3 Å². The number of benzene rings is 4. The smallest absolute Gasteiger partial charge is 0.216 e. The Kier molecular flexibility index (Phi) is 5.27. The second kappa shape index (κ2) is 8.71. The van der Waals surface area contributed by atoms with E-state index in [9.17, 15) is 0 Å². The van der Waals surface area contributed by atoms with Gasteiger partial charge < -0.3 is 14.0 Å². The summed E-state index contributed by atoms with van der Waals surface area (Å²) < 4.78 is 14.3. The van der Waals surface area contributed by atoms with Crippen LogP contribution in [0.1, 0.15) is 30.1 Å². The minimum Gasteiger partial charge on any atom is -0.497 e. The molecule has 1 aliphatic rings. The summed E-state index contributed by atoms with van der Waals surface area (Å²) in [5.41, 5.74) is 5.67. The average molecular weight is 447 g/mol. The van der Waals surface area contributed by atoms with Gasteiger partial charge in [0.15, 0.2) is 0 Å². The van der Waals surface area contributed by atoms with Crippen molar-refractivity contribution in [3.8, 4) is 11.4 Å². The van der Waals surface area contributed by atoms with Crippen LogP contribution in [0.25, 0.3) is 27.5 Å². The van der Waals surface area contributed by atoms with Gasteiger partial charge in [0.25, 0.3) is 0 Å². The molecule has 1 unspecified atom stereocenters. The minimum absolute atomic E-state index is 0.0551. The number of nitrogens with zero attached hydrogens (tertiary/aromatic N) is 2. The van der Waals surface area contributed by atoms with Gasteiger partial charge in [-0.05, 0) is 60.9 Å². The van der Waals surface area contributed by atoms with Crippen molar-refractivity contribution in [3.63, 3.8) is 0 Å². The molecule has 1 atom stereocenters. The van der Waals surface area contributed by atoms with Gasteiger partial charge in [0.1, 0.15) is 11.9 Å². The highest BCUT2D eigenvalue weighted by atomic mass is 16.5. The first kappa shape index (κ1) is 20.5. The number of rotatable bonds is 4. The highest BCUT2D eigenvalue weighted by Gasteiger charge is 2.21. The molecule has 4 nitrogen and oxygen atoms in total. The van der Waals surface area contributed by atoms with Gasteiger partial charge in [-0.25, -0.2) is 0 Å². The van der Waals surface area contributed by atoms with E-state index in [1.54, 1.807) is 7.11 Å². The lowest BCUT2D eigenvalue weighted by molar-refractivity contribution is 0.187. The van der Waals surface area contributed by atoms with E-state index in [2.05, 4.69) is 77.4 Å². The molecule has 0 saturated heterocycles. The number of methoxy groups -OCH3 is 1. The van der Waals surface area contributed by atoms with Crippen molar-refractivity contribution in [2.75, 3.05) is 13.7 Å². The number of fused-ring (bicyclic) bond motifs is 3. The molecular formula is C30H26N2O2. The second-order valence-corrected chi connectivity index (χ2v) is 8.63. The van der Waals surface area contributed by atoms with Gasteiger partial charge in [0.2, 0.25) is 5.90 Å². The molecule has 2 heterocycles. The van der Waals surface area contributed by atoms with Crippen molar-refractivity contribution in [3.05, 3.63) is 108 Å². The lowest BCUT2D eigenvalue weighted by Crippen LogP contribution is -2.11. The minimum atomic E-state index is -0.0551. The Labute approximate surface area is 199 Å². The molecule has 4 aromatic carbocycles. The Morgan fingerprint density at radius 1 is 0.824 bits per heavy atom. The van der Waals surface area contributed by atoms with Crippen LogP contribution >= 0.6 is 0 Å². The molecular weight excluding hydrogens is 420 g/mol. The van der Waals surface area contributed by atoms with Crippen molar-refractivity contribution in [2.45, 2.75) is 18.9 Å². The van der Waals surface area contributed by atoms with E-state index >= 15 is 0 Å². The molecule has 6 rings (SSSR count). The van der Waals surface area contributed by atoms with Crippen LogP contribution in [0.2, 0.25) is 0 Å². The van der Waals surface area contributed by atoms with Gasteiger partial charge in [-0.15, -0.1) is 0 Å². The monoisotopic (exact) mass is 446 g/mol. The molecule has 1 aliphatic heterocycles. The largest absolute Gasteiger partial charge is 0.497 e. The van der Waals surface area contributed by atoms with Crippen LogP contribution in [-0.2, 0) is 4.74 Å². The van der Waals surface area contributed by atoms with E-state index in [0.717, 1.165) is 42.0 Å². The zero-order valence-electron chi connectivity index (χ0n) is 19.1. The number of hydrogen-bond acceptors (Lipinski definition) is 3. The summed E-state index contributed by atoms with van der Waals surface area (Å²) in [5, 5.41) is 2.53.